The van der Waals surface area contributed by atoms with E-state index in [9.17, 15) is 10.1 Å². The summed E-state index contributed by atoms with van der Waals surface area (Å²) in [5.41, 5.74) is 0.510. The molecular formula is C9H9N5O2S. The molecule has 0 saturated carbocycles. The first kappa shape index (κ1) is 11.4. The Balaban J connectivity index is 2.42. The maximum Gasteiger partial charge on any atom is 0.306 e. The lowest BCUT2D eigenvalue weighted by atomic mass is 10.3. The van der Waals surface area contributed by atoms with Gasteiger partial charge in [-0.3, -0.25) is 15.2 Å². The topological polar surface area (TPSA) is 96.7 Å². The van der Waals surface area contributed by atoms with E-state index in [2.05, 4.69) is 20.5 Å². The van der Waals surface area contributed by atoms with Crippen LogP contribution >= 0.6 is 11.8 Å². The number of aromatic amines is 1. The van der Waals surface area contributed by atoms with Crippen LogP contribution < -0.4 is 5.32 Å². The summed E-state index contributed by atoms with van der Waals surface area (Å²) in [6.07, 6.45) is 1.36. The first-order valence-electron chi connectivity index (χ1n) is 4.70. The third kappa shape index (κ3) is 2.36. The molecule has 0 spiro atoms. The highest BCUT2D eigenvalue weighted by atomic mass is 32.2. The molecule has 0 aliphatic heterocycles. The number of nitrogens with one attached hydrogen (secondary N) is 2. The van der Waals surface area contributed by atoms with Gasteiger partial charge in [-0.15, -0.1) is 0 Å². The number of nitro groups is 1. The van der Waals surface area contributed by atoms with E-state index >= 15 is 0 Å². The van der Waals surface area contributed by atoms with Crippen molar-refractivity contribution in [2.45, 2.75) is 10.1 Å². The quantitative estimate of drug-likeness (QED) is 0.636. The number of hydrogen-bond acceptors (Lipinski definition) is 6. The lowest BCUT2D eigenvalue weighted by Gasteiger charge is -2.05. The first-order valence-corrected chi connectivity index (χ1v) is 5.52. The summed E-state index contributed by atoms with van der Waals surface area (Å²) in [7, 11) is 1.64. The van der Waals surface area contributed by atoms with E-state index in [0.29, 0.717) is 15.7 Å². The molecule has 0 bridgehead atoms. The molecule has 8 heteroatoms. The molecule has 88 valence electrons. The summed E-state index contributed by atoms with van der Waals surface area (Å²) in [4.78, 5) is 15.1. The summed E-state index contributed by atoms with van der Waals surface area (Å²) in [5.74, 6) is 0. The van der Waals surface area contributed by atoms with E-state index in [4.69, 9.17) is 0 Å². The minimum absolute atomic E-state index is 0.0383. The molecule has 0 aliphatic carbocycles. The highest BCUT2D eigenvalue weighted by Crippen LogP contribution is 2.37. The minimum Gasteiger partial charge on any atom is -0.383 e. The zero-order valence-electron chi connectivity index (χ0n) is 8.88. The highest BCUT2D eigenvalue weighted by Gasteiger charge is 2.20. The predicted octanol–water partition coefficient (Wildman–Crippen LogP) is 1.91. The van der Waals surface area contributed by atoms with Crippen LogP contribution in [0.5, 0.6) is 0 Å². The number of aromatic nitrogens is 3. The van der Waals surface area contributed by atoms with Crippen LogP contribution in [0.1, 0.15) is 0 Å². The van der Waals surface area contributed by atoms with Gasteiger partial charge in [-0.05, 0) is 23.9 Å². The second kappa shape index (κ2) is 4.83. The molecule has 1 heterocycles. The van der Waals surface area contributed by atoms with Crippen LogP contribution in [0.4, 0.5) is 11.4 Å². The van der Waals surface area contributed by atoms with Gasteiger partial charge < -0.3 is 5.32 Å². The zero-order valence-corrected chi connectivity index (χ0v) is 9.69. The maximum atomic E-state index is 11.0. The first-order chi connectivity index (χ1) is 8.22. The molecule has 0 saturated heterocycles. The largest absolute Gasteiger partial charge is 0.383 e. The van der Waals surface area contributed by atoms with Gasteiger partial charge in [0.15, 0.2) is 5.16 Å². The lowest BCUT2D eigenvalue weighted by molar-refractivity contribution is -0.386. The predicted molar refractivity (Wildman–Crippen MR) is 63.1 cm³/mol. The van der Waals surface area contributed by atoms with Crippen LogP contribution in [0, 0.1) is 10.1 Å². The monoisotopic (exact) mass is 251 g/mol. The minimum atomic E-state index is -0.412. The number of nitrogens with zero attached hydrogens (tertiary/aromatic N) is 3. The average molecular weight is 251 g/mol. The molecule has 0 atom stereocenters. The number of rotatable bonds is 4. The number of H-pyrrole nitrogens is 1. The van der Waals surface area contributed by atoms with Gasteiger partial charge in [-0.25, -0.2) is 4.98 Å². The van der Waals surface area contributed by atoms with Crippen LogP contribution in [0.25, 0.3) is 0 Å². The Labute approximate surface area is 101 Å². The normalized spacial score (nSPS) is 10.2. The second-order valence-electron chi connectivity index (χ2n) is 3.05. The molecule has 0 aliphatic rings. The van der Waals surface area contributed by atoms with Crippen molar-refractivity contribution in [2.24, 2.45) is 0 Å². The van der Waals surface area contributed by atoms with E-state index in [1.165, 1.54) is 18.1 Å². The third-order valence-electron chi connectivity index (χ3n) is 2.05. The fourth-order valence-electron chi connectivity index (χ4n) is 1.34. The fourth-order valence-corrected chi connectivity index (χ4v) is 2.18. The summed E-state index contributed by atoms with van der Waals surface area (Å²) in [5, 5.41) is 20.7. The van der Waals surface area contributed by atoms with Crippen LogP contribution in [0.3, 0.4) is 0 Å². The number of para-hydroxylation sites is 1. The van der Waals surface area contributed by atoms with Gasteiger partial charge in [0.2, 0.25) is 0 Å². The van der Waals surface area contributed by atoms with Crippen LogP contribution in [-0.4, -0.2) is 27.2 Å². The van der Waals surface area contributed by atoms with Crippen molar-refractivity contribution in [3.05, 3.63) is 34.6 Å². The van der Waals surface area contributed by atoms with Crippen molar-refractivity contribution in [1.29, 1.82) is 0 Å². The summed E-state index contributed by atoms with van der Waals surface area (Å²) < 4.78 is 0. The number of nitro benzene ring substituents is 1. The lowest BCUT2D eigenvalue weighted by Crippen LogP contribution is -1.98. The molecule has 0 amide bonds. The Morgan fingerprint density at radius 3 is 2.94 bits per heavy atom. The van der Waals surface area contributed by atoms with E-state index in [1.807, 2.05) is 0 Å². The molecule has 1 aromatic carbocycles. The van der Waals surface area contributed by atoms with Gasteiger partial charge in [-0.2, -0.15) is 5.10 Å². The molecule has 7 nitrogen and oxygen atoms in total. The van der Waals surface area contributed by atoms with Gasteiger partial charge in [0.25, 0.3) is 0 Å². The van der Waals surface area contributed by atoms with E-state index in [0.717, 1.165) is 0 Å². The molecule has 2 aromatic rings. The Morgan fingerprint density at radius 1 is 1.53 bits per heavy atom. The van der Waals surface area contributed by atoms with Crippen molar-refractivity contribution in [3.8, 4) is 0 Å². The van der Waals surface area contributed by atoms with Crippen molar-refractivity contribution in [2.75, 3.05) is 12.4 Å². The number of hydrogen-bond donors (Lipinski definition) is 2. The summed E-state index contributed by atoms with van der Waals surface area (Å²) in [6, 6.07) is 5.08. The summed E-state index contributed by atoms with van der Waals surface area (Å²) >= 11 is 1.17. The van der Waals surface area contributed by atoms with E-state index in [1.54, 1.807) is 25.2 Å². The molecule has 17 heavy (non-hydrogen) atoms. The SMILES string of the molecule is CNc1cccc(Sc2ncn[nH]2)c1[N+](=O)[O-]. The highest BCUT2D eigenvalue weighted by molar-refractivity contribution is 7.99. The number of benzene rings is 1. The van der Waals surface area contributed by atoms with Crippen LogP contribution in [0.2, 0.25) is 0 Å². The molecule has 1 aromatic heterocycles. The average Bonchev–Trinajstić information content (AvgIpc) is 2.81. The molecule has 0 radical (unpaired) electrons. The van der Waals surface area contributed by atoms with Crippen molar-refractivity contribution in [1.82, 2.24) is 15.2 Å². The number of anilines is 1. The Morgan fingerprint density at radius 2 is 2.35 bits per heavy atom. The van der Waals surface area contributed by atoms with Gasteiger partial charge >= 0.3 is 5.69 Å². The van der Waals surface area contributed by atoms with Crippen molar-refractivity contribution in [3.63, 3.8) is 0 Å². The molecule has 0 unspecified atom stereocenters. The van der Waals surface area contributed by atoms with Gasteiger partial charge in [0.1, 0.15) is 12.0 Å². The Hall–Kier alpha value is -2.09. The molecule has 2 rings (SSSR count). The van der Waals surface area contributed by atoms with Crippen LogP contribution in [0.15, 0.2) is 34.6 Å². The fraction of sp³-hybridized carbons (Fsp3) is 0.111. The van der Waals surface area contributed by atoms with E-state index < -0.39 is 4.92 Å². The van der Waals surface area contributed by atoms with Gasteiger partial charge in [0.05, 0.1) is 9.82 Å². The Kier molecular flexibility index (Phi) is 3.24. The molecular weight excluding hydrogens is 242 g/mol. The van der Waals surface area contributed by atoms with E-state index in [-0.39, 0.29) is 5.69 Å². The standard InChI is InChI=1S/C9H9N5O2S/c1-10-6-3-2-4-7(8(6)14(15)16)17-9-11-5-12-13-9/h2-5,10H,1H3,(H,11,12,13). The van der Waals surface area contributed by atoms with Gasteiger partial charge in [-0.1, -0.05) is 6.07 Å². The smallest absolute Gasteiger partial charge is 0.306 e. The third-order valence-corrected chi connectivity index (χ3v) is 2.99. The molecule has 2 N–H and O–H groups in total. The zero-order chi connectivity index (χ0) is 12.3. The molecule has 0 fully saturated rings. The van der Waals surface area contributed by atoms with Crippen molar-refractivity contribution >= 4 is 23.1 Å². The van der Waals surface area contributed by atoms with Gasteiger partial charge in [0, 0.05) is 7.05 Å². The van der Waals surface area contributed by atoms with Crippen molar-refractivity contribution < 1.29 is 4.92 Å². The Bertz CT molecular complexity index is 528. The second-order valence-corrected chi connectivity index (χ2v) is 4.08. The maximum absolute atomic E-state index is 11.0. The van der Waals surface area contributed by atoms with Crippen LogP contribution in [-0.2, 0) is 0 Å². The summed E-state index contributed by atoms with van der Waals surface area (Å²) in [6.45, 7) is 0.